The Kier molecular flexibility index (Phi) is 5.60. The molecule has 1 fully saturated rings. The van der Waals surface area contributed by atoms with Gasteiger partial charge in [0, 0.05) is 11.2 Å². The Morgan fingerprint density at radius 3 is 2.29 bits per heavy atom. The summed E-state index contributed by atoms with van der Waals surface area (Å²) < 4.78 is 28.7. The molecule has 2 unspecified atom stereocenters. The Morgan fingerprint density at radius 1 is 0.886 bits per heavy atom. The van der Waals surface area contributed by atoms with Crippen LogP contribution in [0.25, 0.3) is 21.8 Å². The molecule has 5 aromatic rings. The monoisotopic (exact) mass is 538 g/mol. The molecule has 2 atom stereocenters. The molecule has 1 saturated carbocycles. The van der Waals surface area contributed by atoms with Crippen molar-refractivity contribution >= 4 is 66.8 Å². The molecule has 1 aliphatic rings. The van der Waals surface area contributed by atoms with Crippen molar-refractivity contribution in [1.29, 1.82) is 0 Å². The maximum Gasteiger partial charge on any atom is 0.270 e. The number of benzene rings is 4. The molecule has 0 bridgehead atoms. The fourth-order valence-electron chi connectivity index (χ4n) is 4.42. The molecule has 0 spiro atoms. The fraction of sp³-hybridized carbons (Fsp3) is 0.148. The van der Waals surface area contributed by atoms with E-state index < -0.39 is 14.4 Å². The van der Waals surface area contributed by atoms with Crippen molar-refractivity contribution in [2.45, 2.75) is 26.1 Å². The smallest absolute Gasteiger partial charge is 0.222 e. The van der Waals surface area contributed by atoms with E-state index in [-0.39, 0.29) is 16.1 Å². The summed E-state index contributed by atoms with van der Waals surface area (Å²) in [5.41, 5.74) is 2.19. The minimum atomic E-state index is -3.94. The van der Waals surface area contributed by atoms with Crippen LogP contribution in [-0.4, -0.2) is 21.7 Å². The van der Waals surface area contributed by atoms with Crippen LogP contribution in [0.3, 0.4) is 0 Å². The normalized spacial score (nSPS) is 18.1. The van der Waals surface area contributed by atoms with Crippen LogP contribution in [0.4, 0.5) is 0 Å². The molecule has 0 aliphatic heterocycles. The number of halogens is 2. The average molecular weight is 540 g/mol. The molecule has 1 heterocycles. The lowest BCUT2D eigenvalue weighted by Crippen LogP contribution is -2.15. The summed E-state index contributed by atoms with van der Waals surface area (Å²) in [4.78, 5) is 4.97. The number of hydrogen-bond acceptors (Lipinski definition) is 4. The van der Waals surface area contributed by atoms with Gasteiger partial charge in [-0.3, -0.25) is 0 Å². The molecule has 0 N–H and O–H groups in total. The lowest BCUT2D eigenvalue weighted by Gasteiger charge is -2.18. The SMILES string of the molecule is O=S(=O)(c1ccc2ccccc2c1)n1c(SC(c2ccccc2)C2CC2(Cl)Cl)nc2ccccc21. The topological polar surface area (TPSA) is 52.0 Å². The van der Waals surface area contributed by atoms with Gasteiger partial charge in [0.1, 0.15) is 4.33 Å². The summed E-state index contributed by atoms with van der Waals surface area (Å²) in [6.45, 7) is 0. The van der Waals surface area contributed by atoms with Crippen molar-refractivity contribution < 1.29 is 8.42 Å². The zero-order valence-electron chi connectivity index (χ0n) is 18.4. The van der Waals surface area contributed by atoms with Crippen molar-refractivity contribution in [3.8, 4) is 0 Å². The first kappa shape index (κ1) is 22.9. The van der Waals surface area contributed by atoms with Gasteiger partial charge in [0.15, 0.2) is 5.16 Å². The molecule has 4 nitrogen and oxygen atoms in total. The first-order valence-electron chi connectivity index (χ1n) is 11.2. The van der Waals surface area contributed by atoms with Crippen LogP contribution in [0.5, 0.6) is 0 Å². The van der Waals surface area contributed by atoms with Crippen LogP contribution in [0.2, 0.25) is 0 Å². The molecular weight excluding hydrogens is 519 g/mol. The second-order valence-corrected chi connectivity index (χ2v) is 13.1. The van der Waals surface area contributed by atoms with Crippen molar-refractivity contribution in [1.82, 2.24) is 8.96 Å². The van der Waals surface area contributed by atoms with Crippen LogP contribution in [0.15, 0.2) is 107 Å². The Bertz CT molecular complexity index is 1670. The Labute approximate surface area is 217 Å². The van der Waals surface area contributed by atoms with E-state index in [0.717, 1.165) is 16.3 Å². The number of rotatable bonds is 6. The van der Waals surface area contributed by atoms with Gasteiger partial charge in [-0.05, 0) is 47.0 Å². The van der Waals surface area contributed by atoms with E-state index in [1.165, 1.54) is 15.7 Å². The van der Waals surface area contributed by atoms with E-state index >= 15 is 0 Å². The molecular formula is C27H20Cl2N2O2S2. The standard InChI is InChI=1S/C27H20Cl2N2O2S2/c28-27(29)17-22(27)25(19-9-2-1-3-10-19)34-26-30-23-12-6-7-13-24(23)31(26)35(32,33)21-15-14-18-8-4-5-11-20(18)16-21/h1-16,22,25H,17H2. The first-order chi connectivity index (χ1) is 16.8. The van der Waals surface area contributed by atoms with Gasteiger partial charge in [-0.2, -0.15) is 0 Å². The third-order valence-corrected chi connectivity index (χ3v) is 10.4. The van der Waals surface area contributed by atoms with Crippen LogP contribution in [-0.2, 0) is 10.0 Å². The van der Waals surface area contributed by atoms with Crippen LogP contribution in [0, 0.1) is 5.92 Å². The highest BCUT2D eigenvalue weighted by molar-refractivity contribution is 8.00. The largest absolute Gasteiger partial charge is 0.270 e. The molecule has 0 radical (unpaired) electrons. The highest BCUT2D eigenvalue weighted by Gasteiger charge is 2.56. The Balaban J connectivity index is 1.51. The van der Waals surface area contributed by atoms with Crippen molar-refractivity contribution in [2.24, 2.45) is 5.92 Å². The lowest BCUT2D eigenvalue weighted by atomic mass is 10.1. The fourth-order valence-corrected chi connectivity index (χ4v) is 8.33. The van der Waals surface area contributed by atoms with E-state index in [9.17, 15) is 8.42 Å². The quantitative estimate of drug-likeness (QED) is 0.166. The molecule has 1 aromatic heterocycles. The number of nitrogens with zero attached hydrogens (tertiary/aromatic N) is 2. The zero-order chi connectivity index (χ0) is 24.2. The number of fused-ring (bicyclic) bond motifs is 2. The number of alkyl halides is 2. The van der Waals surface area contributed by atoms with Gasteiger partial charge < -0.3 is 0 Å². The summed E-state index contributed by atoms with van der Waals surface area (Å²) in [6, 6.07) is 30.1. The summed E-state index contributed by atoms with van der Waals surface area (Å²) in [5.74, 6) is -0.0186. The molecule has 6 rings (SSSR count). The summed E-state index contributed by atoms with van der Waals surface area (Å²) in [6.07, 6.45) is 0.639. The first-order valence-corrected chi connectivity index (χ1v) is 14.2. The highest BCUT2D eigenvalue weighted by atomic mass is 35.5. The van der Waals surface area contributed by atoms with Gasteiger partial charge in [-0.25, -0.2) is 17.4 Å². The predicted molar refractivity (Wildman–Crippen MR) is 144 cm³/mol. The van der Waals surface area contributed by atoms with Crippen LogP contribution >= 0.6 is 35.0 Å². The van der Waals surface area contributed by atoms with E-state index in [1.807, 2.05) is 78.9 Å². The van der Waals surface area contributed by atoms with Crippen LogP contribution in [0.1, 0.15) is 17.2 Å². The van der Waals surface area contributed by atoms with Gasteiger partial charge >= 0.3 is 0 Å². The van der Waals surface area contributed by atoms with Gasteiger partial charge in [0.25, 0.3) is 10.0 Å². The van der Waals surface area contributed by atoms with Gasteiger partial charge in [-0.15, -0.1) is 23.2 Å². The molecule has 0 amide bonds. The lowest BCUT2D eigenvalue weighted by molar-refractivity contribution is 0.584. The molecule has 35 heavy (non-hydrogen) atoms. The Hall–Kier alpha value is -2.51. The van der Waals surface area contributed by atoms with E-state index in [1.54, 1.807) is 18.2 Å². The minimum Gasteiger partial charge on any atom is -0.222 e. The summed E-state index contributed by atoms with van der Waals surface area (Å²) in [5, 5.41) is 2.09. The predicted octanol–water partition coefficient (Wildman–Crippen LogP) is 7.45. The number of imidazole rings is 1. The Morgan fingerprint density at radius 2 is 1.54 bits per heavy atom. The molecule has 4 aromatic carbocycles. The highest BCUT2D eigenvalue weighted by Crippen LogP contribution is 2.63. The van der Waals surface area contributed by atoms with E-state index in [4.69, 9.17) is 28.2 Å². The molecule has 8 heteroatoms. The van der Waals surface area contributed by atoms with Crippen molar-refractivity contribution in [2.75, 3.05) is 0 Å². The third kappa shape index (κ3) is 4.12. The average Bonchev–Trinajstić information content (AvgIpc) is 3.33. The zero-order valence-corrected chi connectivity index (χ0v) is 21.5. The van der Waals surface area contributed by atoms with Gasteiger partial charge in [0.2, 0.25) is 0 Å². The molecule has 176 valence electrons. The number of aromatic nitrogens is 2. The van der Waals surface area contributed by atoms with E-state index in [0.29, 0.717) is 22.6 Å². The van der Waals surface area contributed by atoms with Crippen molar-refractivity contribution in [3.05, 3.63) is 103 Å². The summed E-state index contributed by atoms with van der Waals surface area (Å²) in [7, 11) is -3.94. The number of thioether (sulfide) groups is 1. The minimum absolute atomic E-state index is 0.0186. The number of para-hydroxylation sites is 2. The van der Waals surface area contributed by atoms with Gasteiger partial charge in [-0.1, -0.05) is 84.6 Å². The van der Waals surface area contributed by atoms with Crippen LogP contribution < -0.4 is 0 Å². The molecule has 1 aliphatic carbocycles. The maximum atomic E-state index is 14.1. The second kappa shape index (κ2) is 8.56. The molecule has 0 saturated heterocycles. The van der Waals surface area contributed by atoms with Gasteiger partial charge in [0.05, 0.1) is 15.9 Å². The maximum absolute atomic E-state index is 14.1. The third-order valence-electron chi connectivity index (χ3n) is 6.35. The summed E-state index contributed by atoms with van der Waals surface area (Å²) >= 11 is 14.4. The van der Waals surface area contributed by atoms with E-state index in [2.05, 4.69) is 0 Å². The van der Waals surface area contributed by atoms with Crippen molar-refractivity contribution in [3.63, 3.8) is 0 Å². The number of hydrogen-bond donors (Lipinski definition) is 0. The second-order valence-electron chi connectivity index (χ2n) is 8.68.